The number of halogens is 4. The van der Waals surface area contributed by atoms with E-state index in [0.717, 1.165) is 29.5 Å². The van der Waals surface area contributed by atoms with Gasteiger partial charge in [-0.3, -0.25) is 0 Å². The van der Waals surface area contributed by atoms with Crippen molar-refractivity contribution in [2.75, 3.05) is 11.9 Å². The number of esters is 1. The molecule has 0 aliphatic heterocycles. The number of hydrogen-bond acceptors (Lipinski definition) is 5. The smallest absolute Gasteiger partial charge is 0.428 e. The molecule has 0 aliphatic carbocycles. The fraction of sp³-hybridized carbons (Fsp3) is 0.406. The predicted octanol–water partition coefficient (Wildman–Crippen LogP) is 8.88. The Kier molecular flexibility index (Phi) is 17.0. The summed E-state index contributed by atoms with van der Waals surface area (Å²) < 4.78 is 73.5. The van der Waals surface area contributed by atoms with E-state index >= 15 is 0 Å². The monoisotopic (exact) mass is 702 g/mol. The van der Waals surface area contributed by atoms with Crippen molar-refractivity contribution in [3.05, 3.63) is 90.7 Å². The van der Waals surface area contributed by atoms with Gasteiger partial charge in [0, 0.05) is 5.33 Å². The Bertz CT molecular complexity index is 1260. The standard InChI is InChI=1S/C18H14FS.C14H25BrF2O5S/c19-15-11-13-18(14-12-15)20(16-7-3-1-4-8-16)17-9-5-2-6-10-17;15-11-9-7-5-3-1-2-4-6-8-10-12-22-13(18)14(16,17)23(19,20)21/h1-14H;1-12H2,(H,19,20,21)/q+1;/p-1. The summed E-state index contributed by atoms with van der Waals surface area (Å²) in [5.74, 6) is -2.49. The average molecular weight is 704 g/mol. The van der Waals surface area contributed by atoms with E-state index in [1.165, 1.54) is 54.0 Å². The van der Waals surface area contributed by atoms with Gasteiger partial charge in [0.1, 0.15) is 5.82 Å². The Hall–Kier alpha value is -2.34. The zero-order chi connectivity index (χ0) is 31.6. The van der Waals surface area contributed by atoms with Gasteiger partial charge in [0.25, 0.3) is 0 Å². The number of carbonyl (C=O) groups is 1. The first-order valence-electron chi connectivity index (χ1n) is 14.2. The van der Waals surface area contributed by atoms with Gasteiger partial charge in [-0.25, -0.2) is 17.6 Å². The Labute approximate surface area is 264 Å². The van der Waals surface area contributed by atoms with Crippen LogP contribution < -0.4 is 0 Å². The average Bonchev–Trinajstić information content (AvgIpc) is 2.99. The summed E-state index contributed by atoms with van der Waals surface area (Å²) >= 11 is 3.38. The molecule has 0 saturated carbocycles. The molecule has 0 heterocycles. The lowest BCUT2D eigenvalue weighted by Gasteiger charge is -2.17. The molecule has 0 fully saturated rings. The molecule has 0 spiro atoms. The number of unbranched alkanes of at least 4 members (excludes halogenated alkanes) is 9. The lowest BCUT2D eigenvalue weighted by molar-refractivity contribution is -0.161. The minimum absolute atomic E-state index is 0.190. The highest BCUT2D eigenvalue weighted by atomic mass is 79.9. The molecule has 0 bridgehead atoms. The van der Waals surface area contributed by atoms with E-state index in [2.05, 4.69) is 44.9 Å². The molecule has 0 atom stereocenters. The van der Waals surface area contributed by atoms with E-state index in [0.29, 0.717) is 12.8 Å². The number of ether oxygens (including phenoxy) is 1. The van der Waals surface area contributed by atoms with Gasteiger partial charge < -0.3 is 9.29 Å². The lowest BCUT2D eigenvalue weighted by atomic mass is 10.1. The molecule has 3 aromatic carbocycles. The molecule has 5 nitrogen and oxygen atoms in total. The van der Waals surface area contributed by atoms with Crippen molar-refractivity contribution in [1.29, 1.82) is 0 Å². The van der Waals surface area contributed by atoms with Crippen LogP contribution >= 0.6 is 15.9 Å². The van der Waals surface area contributed by atoms with Crippen molar-refractivity contribution in [2.24, 2.45) is 0 Å². The highest BCUT2D eigenvalue weighted by molar-refractivity contribution is 9.09. The minimum Gasteiger partial charge on any atom is -0.743 e. The van der Waals surface area contributed by atoms with Crippen molar-refractivity contribution in [3.63, 3.8) is 0 Å². The highest BCUT2D eigenvalue weighted by Crippen LogP contribution is 2.31. The first-order valence-corrected chi connectivity index (χ1v) is 18.0. The molecular weight excluding hydrogens is 665 g/mol. The summed E-state index contributed by atoms with van der Waals surface area (Å²) in [6.45, 7) is -0.309. The molecule has 43 heavy (non-hydrogen) atoms. The van der Waals surface area contributed by atoms with Crippen molar-refractivity contribution in [1.82, 2.24) is 0 Å². The maximum atomic E-state index is 13.2. The molecule has 0 N–H and O–H groups in total. The Morgan fingerprint density at radius 2 is 1.09 bits per heavy atom. The van der Waals surface area contributed by atoms with Crippen molar-refractivity contribution >= 4 is 42.9 Å². The molecule has 0 aromatic heterocycles. The fourth-order valence-corrected chi connectivity index (χ4v) is 6.80. The predicted molar refractivity (Wildman–Crippen MR) is 167 cm³/mol. The van der Waals surface area contributed by atoms with Gasteiger partial charge in [-0.05, 0) is 61.4 Å². The molecule has 0 unspecified atom stereocenters. The van der Waals surface area contributed by atoms with Gasteiger partial charge in [0.15, 0.2) is 24.8 Å². The van der Waals surface area contributed by atoms with Gasteiger partial charge in [-0.2, -0.15) is 8.78 Å². The number of hydrogen-bond donors (Lipinski definition) is 0. The maximum absolute atomic E-state index is 13.2. The summed E-state index contributed by atoms with van der Waals surface area (Å²) in [5.41, 5.74) is 0. The number of alkyl halides is 3. The fourth-order valence-electron chi connectivity index (χ4n) is 4.05. The van der Waals surface area contributed by atoms with Gasteiger partial charge in [0.05, 0.1) is 17.5 Å². The van der Waals surface area contributed by atoms with E-state index in [-0.39, 0.29) is 23.3 Å². The Morgan fingerprint density at radius 3 is 1.51 bits per heavy atom. The Morgan fingerprint density at radius 1 is 0.698 bits per heavy atom. The maximum Gasteiger partial charge on any atom is 0.428 e. The third-order valence-electron chi connectivity index (χ3n) is 6.32. The number of carbonyl (C=O) groups excluding carboxylic acids is 1. The van der Waals surface area contributed by atoms with Crippen LogP contribution in [0.25, 0.3) is 0 Å². The van der Waals surface area contributed by atoms with E-state index in [1.54, 1.807) is 0 Å². The molecule has 3 rings (SSSR count). The van der Waals surface area contributed by atoms with Crippen LogP contribution in [0.4, 0.5) is 13.2 Å². The molecule has 236 valence electrons. The van der Waals surface area contributed by atoms with Crippen LogP contribution in [0.3, 0.4) is 0 Å². The molecule has 11 heteroatoms. The second-order valence-corrected chi connectivity index (χ2v) is 14.0. The summed E-state index contributed by atoms with van der Waals surface area (Å²) in [7, 11) is -6.22. The molecule has 0 saturated heterocycles. The van der Waals surface area contributed by atoms with Gasteiger partial charge in [-0.1, -0.05) is 104 Å². The van der Waals surface area contributed by atoms with E-state index in [1.807, 2.05) is 48.5 Å². The normalized spacial score (nSPS) is 11.6. The first-order chi connectivity index (χ1) is 20.6. The van der Waals surface area contributed by atoms with Gasteiger partial charge in [0.2, 0.25) is 0 Å². The second-order valence-electron chi connectivity index (χ2n) is 9.72. The third-order valence-corrected chi connectivity index (χ3v) is 9.91. The van der Waals surface area contributed by atoms with E-state index in [4.69, 9.17) is 0 Å². The van der Waals surface area contributed by atoms with Crippen LogP contribution in [0.15, 0.2) is 99.6 Å². The number of benzene rings is 3. The largest absolute Gasteiger partial charge is 0.743 e. The van der Waals surface area contributed by atoms with Crippen LogP contribution in [0.1, 0.15) is 64.2 Å². The summed E-state index contributed by atoms with van der Waals surface area (Å²) in [6.07, 6.45) is 10.2. The SMILES string of the molecule is Fc1ccc([S+](c2ccccc2)c2ccccc2)cc1.O=C(OCCCCCCCCCCCCBr)C(F)(F)S(=O)(=O)[O-]. The number of rotatable bonds is 17. The topological polar surface area (TPSA) is 83.5 Å². The van der Waals surface area contributed by atoms with Crippen LogP contribution in [0, 0.1) is 5.82 Å². The third kappa shape index (κ3) is 13.5. The Balaban J connectivity index is 0.000000302. The van der Waals surface area contributed by atoms with Crippen molar-refractivity contribution < 1.29 is 35.7 Å². The highest BCUT2D eigenvalue weighted by Gasteiger charge is 2.48. The van der Waals surface area contributed by atoms with Crippen LogP contribution in [-0.2, 0) is 30.5 Å². The van der Waals surface area contributed by atoms with E-state index in [9.17, 15) is 30.9 Å². The van der Waals surface area contributed by atoms with E-state index < -0.39 is 21.3 Å². The summed E-state index contributed by atoms with van der Waals surface area (Å²) in [6, 6.07) is 27.5. The lowest BCUT2D eigenvalue weighted by Crippen LogP contribution is -2.39. The van der Waals surface area contributed by atoms with Crippen LogP contribution in [-0.4, -0.2) is 36.1 Å². The minimum atomic E-state index is -6.03. The van der Waals surface area contributed by atoms with Gasteiger partial charge in [-0.15, -0.1) is 0 Å². The molecule has 0 aliphatic rings. The molecule has 0 amide bonds. The van der Waals surface area contributed by atoms with Crippen LogP contribution in [0.2, 0.25) is 0 Å². The van der Waals surface area contributed by atoms with Gasteiger partial charge >= 0.3 is 11.2 Å². The summed E-state index contributed by atoms with van der Waals surface area (Å²) in [5, 5.41) is -3.97. The van der Waals surface area contributed by atoms with Crippen LogP contribution in [0.5, 0.6) is 0 Å². The quantitative estimate of drug-likeness (QED) is 0.0461. The molecule has 3 aromatic rings. The van der Waals surface area contributed by atoms with Crippen molar-refractivity contribution in [3.8, 4) is 0 Å². The molecular formula is C32H38BrF3O5S2. The summed E-state index contributed by atoms with van der Waals surface area (Å²) in [4.78, 5) is 14.4. The zero-order valence-corrected chi connectivity index (χ0v) is 27.2. The van der Waals surface area contributed by atoms with Crippen molar-refractivity contribution in [2.45, 2.75) is 84.1 Å². The molecule has 0 radical (unpaired) electrons. The first kappa shape index (κ1) is 36.8. The zero-order valence-electron chi connectivity index (χ0n) is 23.9. The second kappa shape index (κ2) is 19.8.